The maximum Gasteiger partial charge on any atom is 0.133 e. The molecule has 1 aliphatic heterocycles. The lowest BCUT2D eigenvalue weighted by molar-refractivity contribution is 0.354. The van der Waals surface area contributed by atoms with Crippen molar-refractivity contribution in [1.82, 2.24) is 0 Å². The van der Waals surface area contributed by atoms with Crippen molar-refractivity contribution in [1.29, 1.82) is 0 Å². The Kier molecular flexibility index (Phi) is 2.63. The quantitative estimate of drug-likeness (QED) is 0.627. The zero-order chi connectivity index (χ0) is 10.7. The van der Waals surface area contributed by atoms with Gasteiger partial charge < -0.3 is 4.74 Å². The lowest BCUT2D eigenvalue weighted by Crippen LogP contribution is -2.13. The largest absolute Gasteiger partial charge is 0.464 e. The van der Waals surface area contributed by atoms with Gasteiger partial charge in [0.1, 0.15) is 5.76 Å². The molecular weight excluding hydrogens is 184 g/mol. The summed E-state index contributed by atoms with van der Waals surface area (Å²) in [5, 5.41) is 0. The Morgan fingerprint density at radius 3 is 2.73 bits per heavy atom. The summed E-state index contributed by atoms with van der Waals surface area (Å²) >= 11 is 0. The van der Waals surface area contributed by atoms with E-state index in [1.807, 2.05) is 18.2 Å². The summed E-state index contributed by atoms with van der Waals surface area (Å²) in [5.41, 5.74) is 1.26. The van der Waals surface area contributed by atoms with Gasteiger partial charge in [0.15, 0.2) is 0 Å². The van der Waals surface area contributed by atoms with Crippen LogP contribution in [0.1, 0.15) is 19.3 Å². The highest BCUT2D eigenvalue weighted by Gasteiger charge is 2.35. The highest BCUT2D eigenvalue weighted by molar-refractivity contribution is 5.38. The van der Waals surface area contributed by atoms with Crippen LogP contribution < -0.4 is 0 Å². The molecule has 15 heavy (non-hydrogen) atoms. The first kappa shape index (κ1) is 10.0. The minimum Gasteiger partial charge on any atom is -0.464 e. The van der Waals surface area contributed by atoms with E-state index in [1.54, 1.807) is 6.26 Å². The zero-order valence-corrected chi connectivity index (χ0v) is 8.83. The van der Waals surface area contributed by atoms with Gasteiger partial charge in [0.25, 0.3) is 0 Å². The number of rotatable bonds is 4. The van der Waals surface area contributed by atoms with Crippen LogP contribution in [0.25, 0.3) is 0 Å². The molecule has 0 unspecified atom stereocenters. The maximum atomic E-state index is 5.44. The van der Waals surface area contributed by atoms with Crippen molar-refractivity contribution in [2.75, 3.05) is 0 Å². The predicted molar refractivity (Wildman–Crippen MR) is 61.7 cm³/mol. The van der Waals surface area contributed by atoms with Crippen molar-refractivity contribution in [2.45, 2.75) is 19.3 Å². The Bertz CT molecular complexity index is 359. The standard InChI is InChI=1S/C14H15O/c1-3-7-14(8-4-2)10-12-6-5-9-15-13(12)11-14/h3-6,9H,1-2,7-8,10H2. The number of allylic oxidation sites excluding steroid dienone is 6. The van der Waals surface area contributed by atoms with E-state index < -0.39 is 0 Å². The van der Waals surface area contributed by atoms with E-state index in [0.717, 1.165) is 25.0 Å². The maximum absolute atomic E-state index is 5.44. The monoisotopic (exact) mass is 199 g/mol. The smallest absolute Gasteiger partial charge is 0.133 e. The number of ether oxygens (including phenoxy) is 1. The van der Waals surface area contributed by atoms with Crippen molar-refractivity contribution >= 4 is 0 Å². The first-order valence-electron chi connectivity index (χ1n) is 5.19. The van der Waals surface area contributed by atoms with Crippen LogP contribution in [0, 0.1) is 11.5 Å². The van der Waals surface area contributed by atoms with E-state index in [4.69, 9.17) is 4.74 Å². The van der Waals surface area contributed by atoms with Crippen molar-refractivity contribution < 1.29 is 4.74 Å². The van der Waals surface area contributed by atoms with Crippen LogP contribution in [0.5, 0.6) is 0 Å². The van der Waals surface area contributed by atoms with Crippen LogP contribution in [0.2, 0.25) is 0 Å². The van der Waals surface area contributed by atoms with E-state index in [2.05, 4.69) is 25.3 Å². The molecule has 0 amide bonds. The van der Waals surface area contributed by atoms with Crippen molar-refractivity contribution in [3.8, 4) is 0 Å². The van der Waals surface area contributed by atoms with Crippen LogP contribution >= 0.6 is 0 Å². The Balaban J connectivity index is 2.27. The van der Waals surface area contributed by atoms with Gasteiger partial charge in [-0.1, -0.05) is 18.2 Å². The second-order valence-electron chi connectivity index (χ2n) is 4.04. The molecule has 1 radical (unpaired) electrons. The average Bonchev–Trinajstić information content (AvgIpc) is 2.56. The van der Waals surface area contributed by atoms with E-state index in [1.165, 1.54) is 5.57 Å². The molecule has 0 saturated heterocycles. The Hall–Kier alpha value is -1.50. The topological polar surface area (TPSA) is 9.23 Å². The van der Waals surface area contributed by atoms with E-state index in [0.29, 0.717) is 0 Å². The van der Waals surface area contributed by atoms with E-state index in [9.17, 15) is 0 Å². The Labute approximate surface area is 91.1 Å². The molecule has 77 valence electrons. The molecule has 2 aliphatic rings. The van der Waals surface area contributed by atoms with Gasteiger partial charge in [-0.05, 0) is 30.9 Å². The molecule has 1 heteroatoms. The van der Waals surface area contributed by atoms with Gasteiger partial charge in [0.05, 0.1) is 6.26 Å². The van der Waals surface area contributed by atoms with Gasteiger partial charge in [0, 0.05) is 11.5 Å². The molecule has 0 aromatic carbocycles. The summed E-state index contributed by atoms with van der Waals surface area (Å²) < 4.78 is 5.44. The fourth-order valence-corrected chi connectivity index (χ4v) is 2.19. The molecule has 2 rings (SSSR count). The van der Waals surface area contributed by atoms with Crippen LogP contribution in [-0.2, 0) is 4.74 Å². The molecular formula is C14H15O. The molecule has 0 spiro atoms. The van der Waals surface area contributed by atoms with E-state index in [-0.39, 0.29) is 5.41 Å². The fourth-order valence-electron chi connectivity index (χ4n) is 2.19. The van der Waals surface area contributed by atoms with Gasteiger partial charge in [-0.15, -0.1) is 13.2 Å². The molecule has 1 heterocycles. The number of fused-ring (bicyclic) bond motifs is 1. The third-order valence-corrected chi connectivity index (χ3v) is 2.83. The minimum absolute atomic E-state index is 0.0245. The van der Waals surface area contributed by atoms with Gasteiger partial charge in [-0.25, -0.2) is 0 Å². The molecule has 0 atom stereocenters. The molecule has 1 nitrogen and oxygen atoms in total. The summed E-state index contributed by atoms with van der Waals surface area (Å²) in [5.74, 6) is 0.890. The Morgan fingerprint density at radius 1 is 1.40 bits per heavy atom. The summed E-state index contributed by atoms with van der Waals surface area (Å²) in [4.78, 5) is 0. The normalized spacial score (nSPS) is 21.1. The third kappa shape index (κ3) is 1.82. The van der Waals surface area contributed by atoms with Crippen molar-refractivity contribution in [3.05, 3.63) is 61.1 Å². The highest BCUT2D eigenvalue weighted by Crippen LogP contribution is 2.45. The average molecular weight is 199 g/mol. The first-order chi connectivity index (χ1) is 7.29. The second kappa shape index (κ2) is 3.93. The number of hydrogen-bond donors (Lipinski definition) is 0. The summed E-state index contributed by atoms with van der Waals surface area (Å²) in [7, 11) is 0. The summed E-state index contributed by atoms with van der Waals surface area (Å²) in [6, 6.07) is 0. The molecule has 0 N–H and O–H groups in total. The van der Waals surface area contributed by atoms with Crippen LogP contribution in [0.15, 0.2) is 55.1 Å². The van der Waals surface area contributed by atoms with Gasteiger partial charge in [-0.3, -0.25) is 0 Å². The van der Waals surface area contributed by atoms with Crippen LogP contribution in [0.4, 0.5) is 0 Å². The fraction of sp³-hybridized carbons (Fsp3) is 0.286. The van der Waals surface area contributed by atoms with Crippen LogP contribution in [-0.4, -0.2) is 0 Å². The number of hydrogen-bond acceptors (Lipinski definition) is 1. The Morgan fingerprint density at radius 2 is 2.13 bits per heavy atom. The lowest BCUT2D eigenvalue weighted by Gasteiger charge is -2.22. The summed E-state index contributed by atoms with van der Waals surface area (Å²) in [6.45, 7) is 7.62. The van der Waals surface area contributed by atoms with Gasteiger partial charge >= 0.3 is 0 Å². The minimum atomic E-state index is 0.0245. The predicted octanol–water partition coefficient (Wildman–Crippen LogP) is 3.69. The first-order valence-corrected chi connectivity index (χ1v) is 5.19. The second-order valence-corrected chi connectivity index (χ2v) is 4.04. The lowest BCUT2D eigenvalue weighted by atomic mass is 9.80. The van der Waals surface area contributed by atoms with Gasteiger partial charge in [0.2, 0.25) is 0 Å². The van der Waals surface area contributed by atoms with Crippen molar-refractivity contribution in [2.24, 2.45) is 5.41 Å². The third-order valence-electron chi connectivity index (χ3n) is 2.83. The molecule has 0 saturated carbocycles. The molecule has 0 fully saturated rings. The zero-order valence-electron chi connectivity index (χ0n) is 8.83. The molecule has 0 aromatic heterocycles. The van der Waals surface area contributed by atoms with Crippen molar-refractivity contribution in [3.63, 3.8) is 0 Å². The molecule has 1 aliphatic carbocycles. The van der Waals surface area contributed by atoms with E-state index >= 15 is 0 Å². The molecule has 0 bridgehead atoms. The van der Waals surface area contributed by atoms with Gasteiger partial charge in [-0.2, -0.15) is 0 Å². The van der Waals surface area contributed by atoms with Crippen LogP contribution in [0.3, 0.4) is 0 Å². The highest BCUT2D eigenvalue weighted by atomic mass is 16.5. The SMILES string of the molecule is C=CCC1(CC=C)[C]=C2OC=CC=C2C1. The molecule has 0 aromatic rings. The summed E-state index contributed by atoms with van der Waals surface area (Å²) in [6.07, 6.45) is 15.9.